The predicted octanol–water partition coefficient (Wildman–Crippen LogP) is 5.71. The van der Waals surface area contributed by atoms with Gasteiger partial charge >= 0.3 is 0 Å². The number of halogens is 2. The van der Waals surface area contributed by atoms with Crippen molar-refractivity contribution in [1.29, 1.82) is 0 Å². The van der Waals surface area contributed by atoms with E-state index in [1.54, 1.807) is 42.6 Å². The number of anilines is 1. The van der Waals surface area contributed by atoms with Crippen molar-refractivity contribution in [3.63, 3.8) is 0 Å². The van der Waals surface area contributed by atoms with Crippen LogP contribution in [0.1, 0.15) is 16.1 Å². The highest BCUT2D eigenvalue weighted by Gasteiger charge is 2.16. The number of nitrogens with one attached hydrogen (secondary N) is 2. The van der Waals surface area contributed by atoms with Crippen molar-refractivity contribution in [2.45, 2.75) is 6.92 Å². The number of nitrogens with zero attached hydrogens (tertiary/aromatic N) is 2. The monoisotopic (exact) mass is 508 g/mol. The zero-order chi connectivity index (χ0) is 22.4. The molecule has 0 atom stereocenters. The molecule has 0 fully saturated rings. The molecule has 0 aliphatic rings. The summed E-state index contributed by atoms with van der Waals surface area (Å²) in [4.78, 5) is 36.5. The lowest BCUT2D eigenvalue weighted by Crippen LogP contribution is -2.12. The van der Waals surface area contributed by atoms with Gasteiger partial charge in [0, 0.05) is 38.6 Å². The number of fused-ring (bicyclic) bond motifs is 3. The molecule has 2 N–H and O–H groups in total. The number of hydrogen-bond donors (Lipinski definition) is 2. The molecule has 9 heteroatoms. The van der Waals surface area contributed by atoms with E-state index in [1.807, 2.05) is 19.1 Å². The molecule has 0 spiro atoms. The van der Waals surface area contributed by atoms with Crippen LogP contribution in [-0.4, -0.2) is 20.9 Å². The maximum atomic E-state index is 12.6. The molecular weight excluding hydrogens is 496 g/mol. The number of pyridine rings is 1. The van der Waals surface area contributed by atoms with E-state index in [-0.39, 0.29) is 11.5 Å². The first-order valence-corrected chi connectivity index (χ1v) is 10.7. The van der Waals surface area contributed by atoms with Crippen molar-refractivity contribution in [3.05, 3.63) is 85.8 Å². The lowest BCUT2D eigenvalue weighted by atomic mass is 10.1. The number of amides is 1. The fourth-order valence-corrected chi connectivity index (χ4v) is 4.06. The van der Waals surface area contributed by atoms with E-state index in [0.717, 1.165) is 15.6 Å². The molecule has 158 valence electrons. The fourth-order valence-electron chi connectivity index (χ4n) is 3.43. The Labute approximate surface area is 194 Å². The van der Waals surface area contributed by atoms with E-state index in [1.165, 1.54) is 0 Å². The number of hydrogen-bond acceptors (Lipinski definition) is 5. The number of aromatic nitrogens is 3. The van der Waals surface area contributed by atoms with Gasteiger partial charge in [0.15, 0.2) is 0 Å². The van der Waals surface area contributed by atoms with Crippen molar-refractivity contribution in [3.8, 4) is 11.4 Å². The number of aromatic amines is 1. The van der Waals surface area contributed by atoms with Crippen LogP contribution in [0.3, 0.4) is 0 Å². The van der Waals surface area contributed by atoms with Crippen LogP contribution in [0.2, 0.25) is 5.02 Å². The number of carbonyl (C=O) groups is 1. The molecule has 0 saturated carbocycles. The average molecular weight is 510 g/mol. The molecular formula is C23H14BrClN4O3. The molecule has 1 amide bonds. The van der Waals surface area contributed by atoms with Gasteiger partial charge in [0.2, 0.25) is 5.58 Å². The third-order valence-electron chi connectivity index (χ3n) is 4.93. The van der Waals surface area contributed by atoms with E-state index >= 15 is 0 Å². The van der Waals surface area contributed by atoms with E-state index in [0.29, 0.717) is 38.8 Å². The van der Waals surface area contributed by atoms with Gasteiger partial charge in [-0.05, 0) is 55.5 Å². The summed E-state index contributed by atoms with van der Waals surface area (Å²) >= 11 is 9.92. The Morgan fingerprint density at radius 2 is 2.00 bits per heavy atom. The Morgan fingerprint density at radius 1 is 1.16 bits per heavy atom. The van der Waals surface area contributed by atoms with Gasteiger partial charge in [-0.2, -0.15) is 0 Å². The van der Waals surface area contributed by atoms with E-state index in [9.17, 15) is 9.59 Å². The van der Waals surface area contributed by atoms with Crippen LogP contribution in [0.25, 0.3) is 33.5 Å². The second-order valence-corrected chi connectivity index (χ2v) is 8.49. The number of H-pyrrole nitrogens is 1. The summed E-state index contributed by atoms with van der Waals surface area (Å²) in [7, 11) is 0. The van der Waals surface area contributed by atoms with Crippen LogP contribution >= 0.6 is 27.5 Å². The van der Waals surface area contributed by atoms with Gasteiger partial charge in [0.05, 0.1) is 5.02 Å². The Morgan fingerprint density at radius 3 is 2.78 bits per heavy atom. The minimum atomic E-state index is -0.404. The first kappa shape index (κ1) is 20.4. The third-order valence-corrected chi connectivity index (χ3v) is 5.73. The molecule has 5 rings (SSSR count). The second kappa shape index (κ2) is 7.89. The van der Waals surface area contributed by atoms with E-state index in [2.05, 4.69) is 36.2 Å². The van der Waals surface area contributed by atoms with Crippen LogP contribution < -0.4 is 10.9 Å². The van der Waals surface area contributed by atoms with Crippen molar-refractivity contribution in [2.24, 2.45) is 0 Å². The van der Waals surface area contributed by atoms with Crippen LogP contribution in [-0.2, 0) is 0 Å². The molecule has 2 aromatic carbocycles. The normalized spacial score (nSPS) is 11.2. The summed E-state index contributed by atoms with van der Waals surface area (Å²) in [6.07, 6.45) is 1.58. The second-order valence-electron chi connectivity index (χ2n) is 7.17. The van der Waals surface area contributed by atoms with Gasteiger partial charge < -0.3 is 14.7 Å². The molecule has 0 unspecified atom stereocenters. The zero-order valence-corrected chi connectivity index (χ0v) is 18.9. The van der Waals surface area contributed by atoms with E-state index < -0.39 is 5.56 Å². The molecule has 7 nitrogen and oxygen atoms in total. The van der Waals surface area contributed by atoms with Gasteiger partial charge in [0.25, 0.3) is 11.5 Å². The predicted molar refractivity (Wildman–Crippen MR) is 127 cm³/mol. The molecule has 0 saturated heterocycles. The van der Waals surface area contributed by atoms with Gasteiger partial charge in [-0.25, -0.2) is 4.98 Å². The number of rotatable bonds is 3. The standard InChI is InChI=1S/C23H14BrClN4O3/c1-11-8-12(6-7-26-11)22(30)27-14-3-4-15(17(25)10-14)21-28-19-16-9-13(24)2-5-18(16)32-20(19)23(31)29-21/h2-10H,1H3,(H,27,30)(H,28,29,31). The summed E-state index contributed by atoms with van der Waals surface area (Å²) in [6.45, 7) is 1.81. The molecule has 5 aromatic rings. The van der Waals surface area contributed by atoms with Gasteiger partial charge in [0.1, 0.15) is 16.9 Å². The van der Waals surface area contributed by atoms with Gasteiger partial charge in [-0.3, -0.25) is 14.6 Å². The Balaban J connectivity index is 1.52. The summed E-state index contributed by atoms with van der Waals surface area (Å²) in [6, 6.07) is 13.8. The Bertz CT molecular complexity index is 1590. The highest BCUT2D eigenvalue weighted by atomic mass is 79.9. The van der Waals surface area contributed by atoms with Crippen LogP contribution in [0.4, 0.5) is 5.69 Å². The maximum absolute atomic E-state index is 12.6. The van der Waals surface area contributed by atoms with E-state index in [4.69, 9.17) is 16.0 Å². The number of carbonyl (C=O) groups excluding carboxylic acids is 1. The Hall–Kier alpha value is -3.49. The summed E-state index contributed by atoms with van der Waals surface area (Å²) in [5.74, 6) is 0.0283. The third kappa shape index (κ3) is 3.68. The fraction of sp³-hybridized carbons (Fsp3) is 0.0435. The maximum Gasteiger partial charge on any atom is 0.294 e. The summed E-state index contributed by atoms with van der Waals surface area (Å²) < 4.78 is 6.51. The first-order chi connectivity index (χ1) is 15.4. The highest BCUT2D eigenvalue weighted by molar-refractivity contribution is 9.10. The largest absolute Gasteiger partial charge is 0.449 e. The summed E-state index contributed by atoms with van der Waals surface area (Å²) in [5.41, 5.74) is 3.03. The molecule has 3 heterocycles. The zero-order valence-electron chi connectivity index (χ0n) is 16.6. The quantitative estimate of drug-likeness (QED) is 0.324. The van der Waals surface area contributed by atoms with Crippen LogP contribution in [0.5, 0.6) is 0 Å². The van der Waals surface area contributed by atoms with Crippen LogP contribution in [0.15, 0.2) is 68.4 Å². The SMILES string of the molecule is Cc1cc(C(=O)Nc2ccc(-c3nc4c(oc5ccc(Br)cc54)c(=O)[nH]3)c(Cl)c2)ccn1. The molecule has 0 bridgehead atoms. The van der Waals surface area contributed by atoms with Crippen molar-refractivity contribution in [2.75, 3.05) is 5.32 Å². The smallest absolute Gasteiger partial charge is 0.294 e. The molecule has 0 aliphatic carbocycles. The highest BCUT2D eigenvalue weighted by Crippen LogP contribution is 2.32. The lowest BCUT2D eigenvalue weighted by molar-refractivity contribution is 0.102. The minimum absolute atomic E-state index is 0.148. The van der Waals surface area contributed by atoms with Crippen molar-refractivity contribution >= 4 is 61.2 Å². The molecule has 32 heavy (non-hydrogen) atoms. The van der Waals surface area contributed by atoms with Crippen LogP contribution in [0, 0.1) is 6.92 Å². The molecule has 0 radical (unpaired) electrons. The lowest BCUT2D eigenvalue weighted by Gasteiger charge is -2.09. The molecule has 3 aromatic heterocycles. The van der Waals surface area contributed by atoms with Gasteiger partial charge in [-0.1, -0.05) is 27.5 Å². The number of benzene rings is 2. The number of aryl methyl sites for hydroxylation is 1. The van der Waals surface area contributed by atoms with Crippen molar-refractivity contribution in [1.82, 2.24) is 15.0 Å². The minimum Gasteiger partial charge on any atom is -0.449 e. The van der Waals surface area contributed by atoms with Crippen molar-refractivity contribution < 1.29 is 9.21 Å². The summed E-state index contributed by atoms with van der Waals surface area (Å²) in [5, 5.41) is 3.85. The first-order valence-electron chi connectivity index (χ1n) is 9.55. The average Bonchev–Trinajstić information content (AvgIpc) is 3.12. The van der Waals surface area contributed by atoms with Gasteiger partial charge in [-0.15, -0.1) is 0 Å². The number of furan rings is 1. The Kier molecular flexibility index (Phi) is 5.03. The molecule has 0 aliphatic heterocycles. The topological polar surface area (TPSA) is 101 Å².